The fourth-order valence-corrected chi connectivity index (χ4v) is 4.26. The molecule has 0 heterocycles. The highest BCUT2D eigenvalue weighted by Crippen LogP contribution is 2.34. The predicted molar refractivity (Wildman–Crippen MR) is 87.9 cm³/mol. The van der Waals surface area contributed by atoms with Crippen molar-refractivity contribution in [3.05, 3.63) is 57.1 Å². The Morgan fingerprint density at radius 3 is 2.50 bits per heavy atom. The first-order valence-corrected chi connectivity index (χ1v) is 8.48. The summed E-state index contributed by atoms with van der Waals surface area (Å²) in [5.41, 5.74) is 1.59. The van der Waals surface area contributed by atoms with Gasteiger partial charge in [-0.1, -0.05) is 29.3 Å². The summed E-state index contributed by atoms with van der Waals surface area (Å²) in [6.07, 6.45) is 0. The second-order valence-electron chi connectivity index (χ2n) is 4.74. The van der Waals surface area contributed by atoms with Gasteiger partial charge in [0.25, 0.3) is 10.0 Å². The molecular formula is C15H12Cl2N2O2S. The van der Waals surface area contributed by atoms with E-state index < -0.39 is 10.0 Å². The van der Waals surface area contributed by atoms with Crippen LogP contribution in [-0.2, 0) is 10.0 Å². The molecule has 0 saturated carbocycles. The number of nitrogens with one attached hydrogen (secondary N) is 1. The molecule has 2 aromatic carbocycles. The Morgan fingerprint density at radius 2 is 1.86 bits per heavy atom. The largest absolute Gasteiger partial charge is 0.280 e. The monoisotopic (exact) mass is 354 g/mol. The van der Waals surface area contributed by atoms with Crippen molar-refractivity contribution >= 4 is 38.9 Å². The molecule has 0 amide bonds. The third-order valence-electron chi connectivity index (χ3n) is 3.10. The normalized spacial score (nSPS) is 11.0. The maximum Gasteiger partial charge on any atom is 0.263 e. The fourth-order valence-electron chi connectivity index (χ4n) is 1.99. The van der Waals surface area contributed by atoms with E-state index >= 15 is 0 Å². The third-order valence-corrected chi connectivity index (χ3v) is 5.64. The molecule has 22 heavy (non-hydrogen) atoms. The number of rotatable bonds is 3. The first-order chi connectivity index (χ1) is 10.3. The molecule has 0 atom stereocenters. The number of aryl methyl sites for hydroxylation is 1. The summed E-state index contributed by atoms with van der Waals surface area (Å²) < 4.78 is 27.6. The van der Waals surface area contributed by atoms with E-state index in [9.17, 15) is 8.42 Å². The Hall–Kier alpha value is -1.74. The van der Waals surface area contributed by atoms with Gasteiger partial charge >= 0.3 is 0 Å². The molecular weight excluding hydrogens is 343 g/mol. The van der Waals surface area contributed by atoms with Crippen molar-refractivity contribution in [2.75, 3.05) is 4.72 Å². The van der Waals surface area contributed by atoms with Crippen LogP contribution in [0.25, 0.3) is 0 Å². The standard InChI is InChI=1S/C15H12Cl2N2O2S/c1-9-6-13(16)10(2)15(14(9)17)22(20,21)19-12-5-3-4-11(7-12)8-18/h3-7,19H,1-2H3. The first kappa shape index (κ1) is 16.6. The quantitative estimate of drug-likeness (QED) is 0.893. The number of nitriles is 1. The van der Waals surface area contributed by atoms with Gasteiger partial charge in [0.05, 0.1) is 22.3 Å². The summed E-state index contributed by atoms with van der Waals surface area (Å²) in [4.78, 5) is -0.0541. The van der Waals surface area contributed by atoms with Crippen LogP contribution in [0.2, 0.25) is 10.0 Å². The summed E-state index contributed by atoms with van der Waals surface area (Å²) in [7, 11) is -3.92. The van der Waals surface area contributed by atoms with Gasteiger partial charge < -0.3 is 0 Å². The van der Waals surface area contributed by atoms with Gasteiger partial charge in [-0.3, -0.25) is 4.72 Å². The maximum atomic E-state index is 12.6. The molecule has 0 aliphatic heterocycles. The third kappa shape index (κ3) is 3.20. The highest BCUT2D eigenvalue weighted by molar-refractivity contribution is 7.93. The first-order valence-electron chi connectivity index (χ1n) is 6.24. The zero-order chi connectivity index (χ0) is 16.5. The lowest BCUT2D eigenvalue weighted by atomic mass is 10.2. The number of anilines is 1. The second-order valence-corrected chi connectivity index (χ2v) is 7.15. The van der Waals surface area contributed by atoms with Gasteiger partial charge in [0, 0.05) is 5.02 Å². The number of nitrogens with zero attached hydrogens (tertiary/aromatic N) is 1. The van der Waals surface area contributed by atoms with Gasteiger partial charge in [-0.2, -0.15) is 5.26 Å². The van der Waals surface area contributed by atoms with Crippen molar-refractivity contribution in [2.45, 2.75) is 18.7 Å². The molecule has 0 saturated heterocycles. The van der Waals surface area contributed by atoms with Crippen LogP contribution in [-0.4, -0.2) is 8.42 Å². The summed E-state index contributed by atoms with van der Waals surface area (Å²) in [5, 5.41) is 9.33. The second kappa shape index (κ2) is 6.17. The van der Waals surface area contributed by atoms with E-state index in [0.717, 1.165) is 0 Å². The van der Waals surface area contributed by atoms with E-state index in [1.807, 2.05) is 6.07 Å². The number of hydrogen-bond donors (Lipinski definition) is 1. The van der Waals surface area contributed by atoms with Gasteiger partial charge in [-0.05, 0) is 49.2 Å². The van der Waals surface area contributed by atoms with Gasteiger partial charge in [-0.15, -0.1) is 0 Å². The minimum Gasteiger partial charge on any atom is -0.280 e. The molecule has 7 heteroatoms. The lowest BCUT2D eigenvalue weighted by Crippen LogP contribution is -2.15. The summed E-state index contributed by atoms with van der Waals surface area (Å²) in [6, 6.07) is 9.74. The molecule has 2 aromatic rings. The smallest absolute Gasteiger partial charge is 0.263 e. The van der Waals surface area contributed by atoms with Crippen LogP contribution in [0, 0.1) is 25.2 Å². The van der Waals surface area contributed by atoms with Crippen LogP contribution < -0.4 is 4.72 Å². The van der Waals surface area contributed by atoms with E-state index in [0.29, 0.717) is 21.7 Å². The fraction of sp³-hybridized carbons (Fsp3) is 0.133. The van der Waals surface area contributed by atoms with Crippen molar-refractivity contribution in [3.63, 3.8) is 0 Å². The average molecular weight is 355 g/mol. The minimum atomic E-state index is -3.92. The maximum absolute atomic E-state index is 12.6. The van der Waals surface area contributed by atoms with Crippen molar-refractivity contribution in [3.8, 4) is 6.07 Å². The number of halogens is 2. The summed E-state index contributed by atoms with van der Waals surface area (Å²) in [5.74, 6) is 0. The Bertz CT molecular complexity index is 861. The molecule has 0 radical (unpaired) electrons. The molecule has 0 fully saturated rings. The van der Waals surface area contributed by atoms with Crippen LogP contribution >= 0.6 is 23.2 Å². The van der Waals surface area contributed by atoms with Gasteiger partial charge in [0.15, 0.2) is 0 Å². The van der Waals surface area contributed by atoms with Crippen molar-refractivity contribution in [1.82, 2.24) is 0 Å². The molecule has 0 bridgehead atoms. The van der Waals surface area contributed by atoms with Crippen molar-refractivity contribution in [1.29, 1.82) is 5.26 Å². The Labute approximate surface area is 139 Å². The number of hydrogen-bond acceptors (Lipinski definition) is 3. The number of benzene rings is 2. The molecule has 0 aliphatic carbocycles. The minimum absolute atomic E-state index is 0.0541. The van der Waals surface area contributed by atoms with Crippen LogP contribution in [0.3, 0.4) is 0 Å². The zero-order valence-electron chi connectivity index (χ0n) is 11.8. The van der Waals surface area contributed by atoms with Crippen LogP contribution in [0.4, 0.5) is 5.69 Å². The average Bonchev–Trinajstić information content (AvgIpc) is 2.45. The van der Waals surface area contributed by atoms with E-state index in [-0.39, 0.29) is 15.6 Å². The lowest BCUT2D eigenvalue weighted by Gasteiger charge is -2.14. The van der Waals surface area contributed by atoms with Gasteiger partial charge in [0.2, 0.25) is 0 Å². The highest BCUT2D eigenvalue weighted by atomic mass is 35.5. The Morgan fingerprint density at radius 1 is 1.18 bits per heavy atom. The van der Waals surface area contributed by atoms with Crippen molar-refractivity contribution < 1.29 is 8.42 Å². The molecule has 1 N–H and O–H groups in total. The highest BCUT2D eigenvalue weighted by Gasteiger charge is 2.24. The van der Waals surface area contributed by atoms with E-state index in [2.05, 4.69) is 4.72 Å². The van der Waals surface area contributed by atoms with Crippen LogP contribution in [0.5, 0.6) is 0 Å². The molecule has 0 aromatic heterocycles. The number of sulfonamides is 1. The summed E-state index contributed by atoms with van der Waals surface area (Å²) >= 11 is 12.2. The molecule has 4 nitrogen and oxygen atoms in total. The Balaban J connectivity index is 2.55. The topological polar surface area (TPSA) is 70.0 Å². The Kier molecular flexibility index (Phi) is 4.66. The van der Waals surface area contributed by atoms with E-state index in [1.165, 1.54) is 6.07 Å². The molecule has 2 rings (SSSR count). The summed E-state index contributed by atoms with van der Waals surface area (Å²) in [6.45, 7) is 3.27. The SMILES string of the molecule is Cc1cc(Cl)c(C)c(S(=O)(=O)Nc2cccc(C#N)c2)c1Cl. The molecule has 114 valence electrons. The van der Waals surface area contributed by atoms with Crippen molar-refractivity contribution in [2.24, 2.45) is 0 Å². The van der Waals surface area contributed by atoms with E-state index in [4.69, 9.17) is 28.5 Å². The lowest BCUT2D eigenvalue weighted by molar-refractivity contribution is 0.600. The molecule has 0 aliphatic rings. The predicted octanol–water partition coefficient (Wildman–Crippen LogP) is 4.28. The zero-order valence-corrected chi connectivity index (χ0v) is 14.1. The van der Waals surface area contributed by atoms with Crippen LogP contribution in [0.15, 0.2) is 35.2 Å². The molecule has 0 unspecified atom stereocenters. The molecule has 0 spiro atoms. The van der Waals surface area contributed by atoms with Gasteiger partial charge in [-0.25, -0.2) is 8.42 Å². The van der Waals surface area contributed by atoms with E-state index in [1.54, 1.807) is 38.1 Å². The van der Waals surface area contributed by atoms with Gasteiger partial charge in [0.1, 0.15) is 4.90 Å². The van der Waals surface area contributed by atoms with Crippen LogP contribution in [0.1, 0.15) is 16.7 Å².